The molecule has 14 aromatic rings. The van der Waals surface area contributed by atoms with Gasteiger partial charge in [0.05, 0.1) is 121 Å². The molecule has 45 nitrogen and oxygen atoms in total. The Morgan fingerprint density at radius 1 is 0.504 bits per heavy atom. The van der Waals surface area contributed by atoms with Crippen LogP contribution < -0.4 is 47.5 Å². The highest BCUT2D eigenvalue weighted by molar-refractivity contribution is 9.10. The van der Waals surface area contributed by atoms with E-state index in [1.165, 1.54) is 37.4 Å². The summed E-state index contributed by atoms with van der Waals surface area (Å²) in [4.78, 5) is 101. The first kappa shape index (κ1) is 101. The molecule has 3 aliphatic heterocycles. The summed E-state index contributed by atoms with van der Waals surface area (Å²) >= 11 is 8.31. The number of nitrogens with two attached hydrogens (primary N) is 3. The first-order valence-corrected chi connectivity index (χ1v) is 42.8. The lowest BCUT2D eigenvalue weighted by Crippen LogP contribution is -2.41. The van der Waals surface area contributed by atoms with Crippen molar-refractivity contribution in [2.75, 3.05) is 93.2 Å². The van der Waals surface area contributed by atoms with Gasteiger partial charge in [-0.2, -0.15) is 30.5 Å². The molecule has 3 saturated heterocycles. The Kier molecular flexibility index (Phi) is 36.3. The minimum Gasteiger partial charge on any atom is -0.492 e. The highest BCUT2D eigenvalue weighted by Crippen LogP contribution is 2.37. The fourth-order valence-electron chi connectivity index (χ4n) is 12.1. The van der Waals surface area contributed by atoms with Crippen molar-refractivity contribution in [3.63, 3.8) is 0 Å². The molecular weight excluding hydrogens is 1820 g/mol. The van der Waals surface area contributed by atoms with Gasteiger partial charge in [-0.15, -0.1) is 11.6 Å². The minimum atomic E-state index is -1.11. The van der Waals surface area contributed by atoms with Gasteiger partial charge < -0.3 is 102 Å². The van der Waals surface area contributed by atoms with Crippen LogP contribution in [0.25, 0.3) is 51.5 Å². The number of anilines is 5. The van der Waals surface area contributed by atoms with Gasteiger partial charge in [-0.1, -0.05) is 0 Å². The molecule has 3 fully saturated rings. The lowest BCUT2D eigenvalue weighted by molar-refractivity contribution is -0.117. The number of esters is 2. The van der Waals surface area contributed by atoms with Gasteiger partial charge in [0.1, 0.15) is 83.0 Å². The third-order valence-electron chi connectivity index (χ3n) is 19.2. The predicted octanol–water partition coefficient (Wildman–Crippen LogP) is 10.9. The highest BCUT2D eigenvalue weighted by atomic mass is 79.9. The number of nitrogens with zero attached hydrogens (tertiary/aromatic N) is 19. The number of nitrogen functional groups attached to an aromatic ring is 3. The maximum atomic E-state index is 12.8. The van der Waals surface area contributed by atoms with E-state index in [-0.39, 0.29) is 69.1 Å². The van der Waals surface area contributed by atoms with Gasteiger partial charge >= 0.3 is 25.0 Å². The first-order chi connectivity index (χ1) is 63.6. The number of hydrogen-bond donors (Lipinski definition) is 6. The summed E-state index contributed by atoms with van der Waals surface area (Å²) in [7, 11) is 8.71. The van der Waals surface area contributed by atoms with E-state index in [1.54, 1.807) is 133 Å². The van der Waals surface area contributed by atoms with E-state index in [0.29, 0.717) is 132 Å². The number of imidazole rings is 1. The standard InChI is InChI=1S/C22H24N6O4.C15H16N6O3.C10H17BN2O2.C10H11N3O3.C8H7N3O3.C7H11ClO2.C7H11N3O.C6H6BrNO3/c1-3-31-19-7-20-24-16(6-14-4-5-30-12-14)10-28(20)11-17(19)25-21(29)18-13-32-22(26-18)15-8-23-27(2)9-15;1-3-23-12-4-13(16)17-6-10(12)19-14(22)11-8-24-15(20-11)9-5-18-21(2)7-9;1-9(2)10(3,4)15-11(14-9)8-6-12-13(5)7-8;1-3-15-10(14)8-6-16-9(12-8)7-4-11-13(2)5-7;1-11-3-5(2-9-11)7-10-6(4-14-7)8(12)13;8-4-7(9)3-6-1-2-10-5-6;1-2-11-6-3-7(9)10-4-5(6)8;1-2-10-5(9)4-3-11-6(7)8-4/h7-11,13-14H,3-6,12H2,1-2H3,(H,25,29);4-8H,3H2,1-2H3,(H2,16,17)(H,19,22);6-7H,1-5H3;4-6H,3H2,1-2H3;2-4H,1H3,(H,12,13);6H,1-5H2;3-4H,2,8H2,1H3,(H2,9,10);3H,2H2,1H3. The Hall–Kier alpha value is -14.4. The summed E-state index contributed by atoms with van der Waals surface area (Å²) in [5, 5.41) is 34.3. The zero-order valence-electron chi connectivity index (χ0n) is 75.4. The Balaban J connectivity index is 0.000000163. The number of alkyl halides is 1. The fourth-order valence-corrected chi connectivity index (χ4v) is 12.5. The van der Waals surface area contributed by atoms with Crippen LogP contribution in [-0.2, 0) is 74.7 Å². The van der Waals surface area contributed by atoms with Crippen molar-refractivity contribution in [3.8, 4) is 63.1 Å². The van der Waals surface area contributed by atoms with E-state index in [1.807, 2.05) is 84.6 Å². The number of carbonyl (C=O) groups excluding carboxylic acids is 5. The van der Waals surface area contributed by atoms with E-state index in [4.69, 9.17) is 98.7 Å². The van der Waals surface area contributed by atoms with Crippen LogP contribution in [0.2, 0.25) is 0 Å². The number of rotatable bonds is 25. The highest BCUT2D eigenvalue weighted by Gasteiger charge is 2.52. The average Bonchev–Trinajstić information content (AvgIpc) is 1.62. The molecule has 9 N–H and O–H groups in total. The minimum absolute atomic E-state index is 0.108. The molecular formula is C85H103BBrClN24O21. The van der Waals surface area contributed by atoms with Crippen molar-refractivity contribution in [1.29, 1.82) is 0 Å². The second-order valence-electron chi connectivity index (χ2n) is 30.1. The summed E-state index contributed by atoms with van der Waals surface area (Å²) in [6.45, 7) is 22.5. The Morgan fingerprint density at radius 3 is 1.35 bits per heavy atom. The fraction of sp³-hybridized carbons (Fsp3) is 0.376. The van der Waals surface area contributed by atoms with Crippen molar-refractivity contribution in [1.82, 2.24) is 93.2 Å². The van der Waals surface area contributed by atoms with Crippen LogP contribution >= 0.6 is 27.5 Å². The molecule has 0 bridgehead atoms. The van der Waals surface area contributed by atoms with Crippen molar-refractivity contribution < 1.29 is 98.4 Å². The molecule has 3 aliphatic rings. The normalized spacial score (nSPS) is 14.2. The number of hydrogen-bond acceptors (Lipinski definition) is 36. The molecule has 0 aliphatic carbocycles. The van der Waals surface area contributed by atoms with Gasteiger partial charge in [0.25, 0.3) is 16.6 Å². The van der Waals surface area contributed by atoms with Gasteiger partial charge in [-0.3, -0.25) is 37.8 Å². The number of aromatic nitrogens is 19. The number of aromatic carboxylic acids is 1. The topological polar surface area (TPSA) is 570 Å². The van der Waals surface area contributed by atoms with Crippen LogP contribution in [0.1, 0.15) is 140 Å². The van der Waals surface area contributed by atoms with E-state index in [9.17, 15) is 28.8 Å². The molecule has 0 radical (unpaired) electrons. The number of halogens is 2. The van der Waals surface area contributed by atoms with E-state index in [2.05, 4.69) is 91.7 Å². The number of amides is 2. The predicted molar refractivity (Wildman–Crippen MR) is 485 cm³/mol. The van der Waals surface area contributed by atoms with Crippen LogP contribution in [0.5, 0.6) is 17.2 Å². The molecule has 48 heteroatoms. The van der Waals surface area contributed by atoms with Crippen LogP contribution in [0.15, 0.2) is 163 Å². The molecule has 2 amide bonds. The number of aryl methyl sites for hydroxylation is 5. The largest absolute Gasteiger partial charge is 0.498 e. The summed E-state index contributed by atoms with van der Waals surface area (Å²) in [5.41, 5.74) is 23.5. The number of nitrogens with one attached hydrogen (secondary N) is 2. The summed E-state index contributed by atoms with van der Waals surface area (Å²) in [6.07, 6.45) is 33.5. The number of pyridine rings is 3. The monoisotopic (exact) mass is 1920 g/mol. The van der Waals surface area contributed by atoms with E-state index in [0.717, 1.165) is 74.3 Å². The van der Waals surface area contributed by atoms with Gasteiger partial charge in [0.15, 0.2) is 28.5 Å². The molecule has 0 spiro atoms. The molecule has 17 heterocycles. The summed E-state index contributed by atoms with van der Waals surface area (Å²) < 4.78 is 84.0. The molecule has 2 unspecified atom stereocenters. The van der Waals surface area contributed by atoms with Crippen molar-refractivity contribution in [3.05, 3.63) is 175 Å². The number of carbonyl (C=O) groups is 6. The Labute approximate surface area is 775 Å². The number of oxazole rings is 5. The van der Waals surface area contributed by atoms with E-state index < -0.39 is 29.7 Å². The van der Waals surface area contributed by atoms with Gasteiger partial charge in [0, 0.05) is 157 Å². The van der Waals surface area contributed by atoms with Gasteiger partial charge in [-0.25, -0.2) is 49.3 Å². The van der Waals surface area contributed by atoms with Crippen molar-refractivity contribution in [2.45, 2.75) is 99.2 Å². The molecule has 0 saturated carbocycles. The average molecular weight is 1920 g/mol. The molecule has 133 heavy (non-hydrogen) atoms. The van der Waals surface area contributed by atoms with Crippen LogP contribution in [0, 0.1) is 11.8 Å². The number of carboxylic acids is 1. The third kappa shape index (κ3) is 29.3. The van der Waals surface area contributed by atoms with Crippen LogP contribution in [0.3, 0.4) is 0 Å². The number of ketones is 1. The van der Waals surface area contributed by atoms with Crippen LogP contribution in [-0.4, -0.2) is 217 Å². The maximum Gasteiger partial charge on any atom is 0.498 e. The molecule has 2 atom stereocenters. The second-order valence-corrected chi connectivity index (χ2v) is 31.0. The number of Topliss-reactive ketones (excluding diaryl/α,β-unsaturated/α-hetero) is 1. The van der Waals surface area contributed by atoms with Crippen LogP contribution in [0.4, 0.5) is 28.7 Å². The lowest BCUT2D eigenvalue weighted by atomic mass is 9.82. The smallest absolute Gasteiger partial charge is 0.492 e. The number of fused-ring (bicyclic) bond motifs is 1. The summed E-state index contributed by atoms with van der Waals surface area (Å²) in [6, 6.07) is 4.99. The Bertz CT molecular complexity index is 6130. The zero-order valence-corrected chi connectivity index (χ0v) is 77.8. The lowest BCUT2D eigenvalue weighted by Gasteiger charge is -2.32. The van der Waals surface area contributed by atoms with Crippen molar-refractivity contribution in [2.24, 2.45) is 47.1 Å². The second kappa shape index (κ2) is 47.9. The van der Waals surface area contributed by atoms with E-state index >= 15 is 0 Å². The quantitative estimate of drug-likeness (QED) is 0.0176. The number of ether oxygens (including phenoxy) is 7. The third-order valence-corrected chi connectivity index (χ3v) is 19.9. The van der Waals surface area contributed by atoms with Crippen molar-refractivity contribution >= 4 is 110 Å². The molecule has 17 rings (SSSR count). The van der Waals surface area contributed by atoms with Gasteiger partial charge in [-0.05, 0) is 93.4 Å². The SMILES string of the molecule is CCOC(=O)c1coc(-c2cnn(C)c2)n1.CCOC(=O)c1coc(Br)n1.CCOc1cc(N)ncc1N.CCOc1cc(N)ncc1NC(=O)c1coc(-c2cnn(C)c2)n1.CCOc1cc2nc(CC3CCOC3)cn2cc1NC(=O)c1coc(-c2cnn(C)c2)n1.Cn1cc(-c2nc(C(=O)O)co2)cn1.Cn1cc(B2OC(C)(C)C(C)(C)O2)cn1.O=C(CCl)CC1CCOC1. The zero-order chi connectivity index (χ0) is 96.1. The molecule has 706 valence electrons. The molecule has 0 aromatic carbocycles. The Morgan fingerprint density at radius 2 is 0.925 bits per heavy atom. The van der Waals surface area contributed by atoms with Gasteiger partial charge in [0.2, 0.25) is 23.6 Å². The molecule has 14 aromatic heterocycles. The number of carboxylic acid groups (broad SMARTS) is 1. The first-order valence-electron chi connectivity index (χ1n) is 41.5. The maximum absolute atomic E-state index is 12.8. The summed E-state index contributed by atoms with van der Waals surface area (Å²) in [5.74, 6) is 1.88.